The molecule has 3 aliphatic rings. The van der Waals surface area contributed by atoms with Gasteiger partial charge in [-0.2, -0.15) is 0 Å². The summed E-state index contributed by atoms with van der Waals surface area (Å²) >= 11 is 38.9. The first kappa shape index (κ1) is 98.0. The van der Waals surface area contributed by atoms with Crippen LogP contribution in [0.4, 0.5) is 0 Å². The van der Waals surface area contributed by atoms with Crippen molar-refractivity contribution in [3.63, 3.8) is 0 Å². The molecule has 0 saturated heterocycles. The largest absolute Gasteiger partial charge is 0.481 e. The molecule has 0 unspecified atom stereocenters. The van der Waals surface area contributed by atoms with Crippen molar-refractivity contribution in [1.82, 2.24) is 50.1 Å². The lowest BCUT2D eigenvalue weighted by Gasteiger charge is -2.35. The molecule has 9 rings (SSSR count). The van der Waals surface area contributed by atoms with Crippen LogP contribution in [0.15, 0.2) is 124 Å². The maximum Gasteiger partial charge on any atom is 0.307 e. The fourth-order valence-electron chi connectivity index (χ4n) is 14.7. The number of nitrogens with one attached hydrogen (secondary N) is 7. The van der Waals surface area contributed by atoms with E-state index in [1.165, 1.54) is 18.2 Å². The average molecular weight is 1860 g/mol. The number of carboxylic acids is 2. The Morgan fingerprint density at radius 3 is 0.975 bits per heavy atom. The van der Waals surface area contributed by atoms with Crippen molar-refractivity contribution in [1.29, 1.82) is 0 Å². The third-order valence-electron chi connectivity index (χ3n) is 20.7. The second kappa shape index (κ2) is 47.5. The Morgan fingerprint density at radius 1 is 0.405 bits per heavy atom. The van der Waals surface area contributed by atoms with E-state index in [0.29, 0.717) is 69.4 Å². The van der Waals surface area contributed by atoms with Gasteiger partial charge in [-0.25, -0.2) is 39.4 Å². The van der Waals surface area contributed by atoms with Crippen LogP contribution >= 0.6 is 69.6 Å². The average Bonchev–Trinajstić information content (AvgIpc) is 0.780. The van der Waals surface area contributed by atoms with Crippen molar-refractivity contribution in [2.45, 2.75) is 109 Å². The minimum absolute atomic E-state index is 0.00392. The van der Waals surface area contributed by atoms with E-state index in [-0.39, 0.29) is 190 Å². The summed E-state index contributed by atoms with van der Waals surface area (Å²) in [6.07, 6.45) is -3.19. The molecule has 0 aromatic heterocycles. The van der Waals surface area contributed by atoms with Gasteiger partial charge >= 0.3 is 11.9 Å². The summed E-state index contributed by atoms with van der Waals surface area (Å²) in [5.74, 6) is -7.76. The quantitative estimate of drug-likeness (QED) is 0.0161. The van der Waals surface area contributed by atoms with Crippen LogP contribution in [0.2, 0.25) is 30.1 Å². The lowest BCUT2D eigenvalue weighted by atomic mass is 9.82. The van der Waals surface area contributed by atoms with Gasteiger partial charge in [0.1, 0.15) is 0 Å². The first-order chi connectivity index (χ1) is 57.7. The molecule has 0 radical (unpaired) electrons. The Morgan fingerprint density at radius 2 is 0.694 bits per heavy atom. The summed E-state index contributed by atoms with van der Waals surface area (Å²) in [6, 6.07) is 30.8. The van der Waals surface area contributed by atoms with Crippen LogP contribution in [-0.2, 0) is 107 Å². The first-order valence-electron chi connectivity index (χ1n) is 39.5. The second-order valence-corrected chi connectivity index (χ2v) is 37.7. The molecule has 3 aliphatic heterocycles. The van der Waals surface area contributed by atoms with E-state index in [0.717, 1.165) is 50.1 Å². The van der Waals surface area contributed by atoms with Crippen molar-refractivity contribution >= 4 is 135 Å². The number of sulfonamides is 3. The number of fused-ring (bicyclic) bond motifs is 3. The minimum atomic E-state index is -3.95. The number of ether oxygens (including phenoxy) is 6. The summed E-state index contributed by atoms with van der Waals surface area (Å²) in [5.41, 5.74) is 6.38. The van der Waals surface area contributed by atoms with Crippen LogP contribution in [0.1, 0.15) is 119 Å². The second-order valence-electron chi connectivity index (χ2n) is 29.9. The van der Waals surface area contributed by atoms with Gasteiger partial charge in [0.15, 0.2) is 0 Å². The van der Waals surface area contributed by atoms with E-state index in [9.17, 15) is 64.2 Å². The van der Waals surface area contributed by atoms with E-state index >= 15 is 0 Å². The predicted molar refractivity (Wildman–Crippen MR) is 459 cm³/mol. The number of hydrogen-bond acceptors (Lipinski definition) is 21. The zero-order valence-electron chi connectivity index (χ0n) is 67.4. The van der Waals surface area contributed by atoms with Gasteiger partial charge in [0.05, 0.1) is 106 Å². The normalized spacial score (nSPS) is 16.2. The van der Waals surface area contributed by atoms with E-state index < -0.39 is 89.9 Å². The molecule has 4 amide bonds. The Labute approximate surface area is 736 Å². The Bertz CT molecular complexity index is 4490. The van der Waals surface area contributed by atoms with E-state index in [1.807, 2.05) is 57.5 Å². The van der Waals surface area contributed by atoms with Crippen molar-refractivity contribution in [2.75, 3.05) is 159 Å². The maximum atomic E-state index is 14.0. The number of carboxylic acid groups (broad SMARTS) is 2. The molecule has 9 N–H and O–H groups in total. The molecule has 4 atom stereocenters. The van der Waals surface area contributed by atoms with E-state index in [4.69, 9.17) is 98.0 Å². The maximum absolute atomic E-state index is 14.0. The van der Waals surface area contributed by atoms with Gasteiger partial charge in [0, 0.05) is 158 Å². The van der Waals surface area contributed by atoms with Crippen LogP contribution in [0.3, 0.4) is 0 Å². The van der Waals surface area contributed by atoms with Crippen molar-refractivity contribution < 1.29 is 92.7 Å². The van der Waals surface area contributed by atoms with E-state index in [1.54, 1.807) is 54.6 Å². The number of halogens is 6. The highest BCUT2D eigenvalue weighted by Crippen LogP contribution is 2.43. The van der Waals surface area contributed by atoms with Gasteiger partial charge in [-0.3, -0.25) is 28.8 Å². The molecule has 0 bridgehead atoms. The number of carbonyl (C=O) groups excluding carboxylic acids is 4. The molecular weight excluding hydrogens is 1750 g/mol. The van der Waals surface area contributed by atoms with Gasteiger partial charge in [-0.05, 0) is 163 Å². The molecule has 0 fully saturated rings. The molecule has 0 saturated carbocycles. The van der Waals surface area contributed by atoms with Crippen LogP contribution in [-0.4, -0.2) is 251 Å². The van der Waals surface area contributed by atoms with Crippen molar-refractivity contribution in [2.24, 2.45) is 5.92 Å². The summed E-state index contributed by atoms with van der Waals surface area (Å²) in [5, 5.41) is 33.5. The summed E-state index contributed by atoms with van der Waals surface area (Å²) in [7, 11) is -5.96. The molecule has 30 nitrogen and oxygen atoms in total. The number of rotatable bonds is 51. The van der Waals surface area contributed by atoms with Gasteiger partial charge in [0.2, 0.25) is 53.7 Å². The number of likely N-dealkylation sites (N-methyl/N-ethyl adjacent to an activating group) is 3. The van der Waals surface area contributed by atoms with Gasteiger partial charge in [-0.1, -0.05) is 106 Å². The number of aliphatic carboxylic acids is 2. The molecule has 3 heterocycles. The fourth-order valence-corrected chi connectivity index (χ4v) is 19.7. The molecule has 0 aliphatic carbocycles. The summed E-state index contributed by atoms with van der Waals surface area (Å²) in [6.45, 7) is 4.09. The van der Waals surface area contributed by atoms with Crippen molar-refractivity contribution in [3.05, 3.63) is 189 Å². The highest BCUT2D eigenvalue weighted by molar-refractivity contribution is 7.90. The third kappa shape index (κ3) is 30.5. The Balaban J connectivity index is 0.730. The number of nitrogens with zero attached hydrogens (tertiary/aromatic N) is 3. The van der Waals surface area contributed by atoms with Crippen LogP contribution in [0, 0.1) is 5.92 Å². The third-order valence-corrected chi connectivity index (χ3v) is 26.8. The van der Waals surface area contributed by atoms with Gasteiger partial charge in [0.25, 0.3) is 0 Å². The molecule has 39 heteroatoms. The SMILES string of the molecule is CN1Cc2c(Cl)cc(Cl)cc2[C@H](c2cccc(S(=O)(=O)NCCOCCOCCNC(=O)CCC(CCC(=O)NCCOCCOCCNS(=O)(=O)c3cccc([C@@H]4CN(C)Cc5c(Cl)cc(Cl)cc54)c3)(CCC(=O)NCCOCCOCCNS(=O)(=O)c3cccc([C@@H]4CN(C)Cc5c(Cl)cc(Cl)cc54)c3)NC(=O)C[C@@H](CC(=O)O)C(=O)O)c2)C1. The monoisotopic (exact) mass is 1850 g/mol. The highest BCUT2D eigenvalue weighted by Gasteiger charge is 2.37. The van der Waals surface area contributed by atoms with Gasteiger partial charge < -0.3 is 74.6 Å². The number of carbonyl (C=O) groups is 6. The minimum Gasteiger partial charge on any atom is -0.481 e. The zero-order chi connectivity index (χ0) is 87.4. The highest BCUT2D eigenvalue weighted by atomic mass is 35.5. The number of benzene rings is 6. The first-order valence-corrected chi connectivity index (χ1v) is 46.2. The van der Waals surface area contributed by atoms with Crippen LogP contribution < -0.4 is 35.4 Å². The molecule has 121 heavy (non-hydrogen) atoms. The fraction of sp³-hybridized carbons (Fsp3) is 0.488. The van der Waals surface area contributed by atoms with Crippen LogP contribution in [0.5, 0.6) is 0 Å². The topological polar surface area (TPSA) is 395 Å². The molecule has 0 spiro atoms. The summed E-state index contributed by atoms with van der Waals surface area (Å²) < 4.78 is 122. The van der Waals surface area contributed by atoms with Crippen LogP contribution in [0.25, 0.3) is 0 Å². The van der Waals surface area contributed by atoms with E-state index in [2.05, 4.69) is 50.1 Å². The lowest BCUT2D eigenvalue weighted by molar-refractivity contribution is -0.149. The molecule has 6 aromatic carbocycles. The Hall–Kier alpha value is -6.75. The number of amides is 4. The van der Waals surface area contributed by atoms with Gasteiger partial charge in [-0.15, -0.1) is 0 Å². The Kier molecular flexibility index (Phi) is 38.5. The number of hydrogen-bond donors (Lipinski definition) is 9. The smallest absolute Gasteiger partial charge is 0.307 e. The lowest BCUT2D eigenvalue weighted by Crippen LogP contribution is -2.51. The zero-order valence-corrected chi connectivity index (χ0v) is 74.4. The molecule has 6 aromatic rings. The van der Waals surface area contributed by atoms with Crippen molar-refractivity contribution in [3.8, 4) is 0 Å². The summed E-state index contributed by atoms with van der Waals surface area (Å²) in [4.78, 5) is 85.4. The predicted octanol–water partition coefficient (Wildman–Crippen LogP) is 8.78. The molecular formula is C82H104Cl6N10O20S3. The molecule has 662 valence electrons. The standard InChI is InChI=1S/C82H104Cl6N10O20S3/c1-96-48-67(64-42-58(83)45-73(86)70(64)51-96)54-7-4-10-61(37-54)119(107,108)92-22-28-116-34-31-113-25-19-89-76(99)13-16-82(95-79(102)40-57(81(105)106)41-80(103)104,17-14-77(100)90-20-26-114-32-35-117-29-23-93-120(109,110)62-11-5-8-55(38-62)68-49-97(2)52-71-65(68)43-59(84)46-74(71)87)18-15-78(101)91-21-27-115-33-36-118-30-24-94-121(111,112)63-12-6-9-56(39-63)69-50-98(3)53-72-66(69)44-60(85)47-75(72)88/h4-12,37-39,42-47,57,67-69,92-94H,13-36,40-41,48-53H2,1-3H3,(H,89,99)(H,90,100)(H,91,101)(H,95,102)(H,103,104)(H,105,106)/t57-,67-,68-,69-/m0/s1.